The molecule has 0 bridgehead atoms. The molecule has 2 saturated heterocycles. The summed E-state index contributed by atoms with van der Waals surface area (Å²) in [5.74, 6) is -2.27. The molecular formula is C14H25NO14. The quantitative estimate of drug-likeness (QED) is 0.144. The van der Waals surface area contributed by atoms with Crippen LogP contribution in [0.1, 0.15) is 6.92 Å². The SMILES string of the molecule is CC(=O)N[C@@H]1[C@@H](O[C@@H]2O[C@H](C(=O)O)[C@@H](O)[C@H](O)[C@H]2O)[C@H](O)[C@@H](CO)O[C@H]1O.OO. The molecule has 0 aliphatic carbocycles. The van der Waals surface area contributed by atoms with Crippen molar-refractivity contribution >= 4 is 11.9 Å². The molecule has 2 rings (SSSR count). The van der Waals surface area contributed by atoms with Crippen molar-refractivity contribution in [2.24, 2.45) is 0 Å². The number of carboxylic acids is 1. The Kier molecular flexibility index (Phi) is 9.73. The van der Waals surface area contributed by atoms with E-state index in [1.165, 1.54) is 0 Å². The van der Waals surface area contributed by atoms with E-state index in [0.29, 0.717) is 0 Å². The summed E-state index contributed by atoms with van der Waals surface area (Å²) in [7, 11) is 0. The second-order valence-corrected chi connectivity index (χ2v) is 6.30. The van der Waals surface area contributed by atoms with Gasteiger partial charge in [-0.15, -0.1) is 0 Å². The predicted octanol–water partition coefficient (Wildman–Crippen LogP) is -5.14. The molecule has 2 fully saturated rings. The number of hydrogen-bond donors (Lipinski definition) is 10. The Hall–Kier alpha value is -1.50. The Morgan fingerprint density at radius 3 is 2.03 bits per heavy atom. The molecule has 29 heavy (non-hydrogen) atoms. The Labute approximate surface area is 163 Å². The van der Waals surface area contributed by atoms with Gasteiger partial charge in [-0.2, -0.15) is 0 Å². The fourth-order valence-electron chi connectivity index (χ4n) is 2.95. The van der Waals surface area contributed by atoms with Crippen LogP contribution in [0.2, 0.25) is 0 Å². The zero-order valence-corrected chi connectivity index (χ0v) is 15.0. The van der Waals surface area contributed by atoms with E-state index in [9.17, 15) is 40.2 Å². The maximum absolute atomic E-state index is 11.4. The van der Waals surface area contributed by atoms with Gasteiger partial charge in [-0.05, 0) is 0 Å². The topological polar surface area (TPSA) is 256 Å². The first-order valence-corrected chi connectivity index (χ1v) is 8.26. The number of carboxylic acid groups (broad SMARTS) is 1. The minimum Gasteiger partial charge on any atom is -0.479 e. The normalized spacial score (nSPS) is 42.4. The Morgan fingerprint density at radius 1 is 0.966 bits per heavy atom. The van der Waals surface area contributed by atoms with E-state index in [1.54, 1.807) is 0 Å². The lowest BCUT2D eigenvalue weighted by molar-refractivity contribution is -0.336. The van der Waals surface area contributed by atoms with Crippen LogP contribution >= 0.6 is 0 Å². The zero-order valence-electron chi connectivity index (χ0n) is 15.0. The van der Waals surface area contributed by atoms with Crippen molar-refractivity contribution in [2.75, 3.05) is 6.61 Å². The molecule has 2 aliphatic heterocycles. The molecule has 0 aromatic heterocycles. The van der Waals surface area contributed by atoms with Crippen molar-refractivity contribution in [3.05, 3.63) is 0 Å². The molecule has 1 amide bonds. The number of aliphatic carboxylic acids is 1. The minimum absolute atomic E-state index is 0.630. The van der Waals surface area contributed by atoms with Gasteiger partial charge >= 0.3 is 5.97 Å². The van der Waals surface area contributed by atoms with Crippen molar-refractivity contribution < 1.29 is 70.1 Å². The van der Waals surface area contributed by atoms with Gasteiger partial charge in [-0.3, -0.25) is 15.3 Å². The second-order valence-electron chi connectivity index (χ2n) is 6.30. The molecule has 10 N–H and O–H groups in total. The van der Waals surface area contributed by atoms with Crippen molar-refractivity contribution in [2.45, 2.75) is 68.3 Å². The predicted molar refractivity (Wildman–Crippen MR) is 86.0 cm³/mol. The highest BCUT2D eigenvalue weighted by molar-refractivity contribution is 5.73. The molecule has 0 radical (unpaired) electrons. The summed E-state index contributed by atoms with van der Waals surface area (Å²) in [5, 5.41) is 82.4. The molecule has 170 valence electrons. The second kappa shape index (κ2) is 11.0. The fourth-order valence-corrected chi connectivity index (χ4v) is 2.95. The van der Waals surface area contributed by atoms with E-state index >= 15 is 0 Å². The van der Waals surface area contributed by atoms with Gasteiger partial charge in [0.05, 0.1) is 6.61 Å². The van der Waals surface area contributed by atoms with Crippen LogP contribution in [0.15, 0.2) is 0 Å². The number of nitrogens with one attached hydrogen (secondary N) is 1. The van der Waals surface area contributed by atoms with Crippen molar-refractivity contribution in [3.8, 4) is 0 Å². The van der Waals surface area contributed by atoms with Gasteiger partial charge in [0.25, 0.3) is 0 Å². The molecule has 2 aliphatic rings. The Bertz CT molecular complexity index is 548. The van der Waals surface area contributed by atoms with Crippen LogP contribution in [-0.4, -0.2) is 126 Å². The molecule has 0 aromatic carbocycles. The first-order chi connectivity index (χ1) is 13.6. The number of hydrogen-bond acceptors (Lipinski definition) is 13. The molecule has 0 saturated carbocycles. The van der Waals surface area contributed by atoms with Gasteiger partial charge in [-0.25, -0.2) is 4.79 Å². The van der Waals surface area contributed by atoms with E-state index < -0.39 is 79.8 Å². The number of carbonyl (C=O) groups excluding carboxylic acids is 1. The van der Waals surface area contributed by atoms with E-state index in [2.05, 4.69) is 5.32 Å². The largest absolute Gasteiger partial charge is 0.479 e. The van der Waals surface area contributed by atoms with Gasteiger partial charge in [0.2, 0.25) is 5.91 Å². The number of amides is 1. The minimum atomic E-state index is -1.95. The third kappa shape index (κ3) is 5.77. The van der Waals surface area contributed by atoms with Gasteiger partial charge in [0.1, 0.15) is 42.7 Å². The number of rotatable bonds is 5. The molecule has 15 nitrogen and oxygen atoms in total. The molecule has 0 aromatic rings. The molecule has 2 heterocycles. The van der Waals surface area contributed by atoms with E-state index in [4.69, 9.17) is 29.8 Å². The van der Waals surface area contributed by atoms with Crippen LogP contribution in [0.25, 0.3) is 0 Å². The standard InChI is InChI=1S/C14H23NO12.H2O2/c1-3(17)15-5-10(6(18)4(2-16)25-13(5)24)26-14-9(21)7(19)8(20)11(27-14)12(22)23;1-2/h4-11,13-14,16,18-21,24H,2H2,1H3,(H,15,17)(H,22,23);1-2H/t4-,5-,6-,7+,8+,9-,10-,11+,13-,14-;/m1./s1. The van der Waals surface area contributed by atoms with Crippen LogP contribution in [0, 0.1) is 0 Å². The molecular weight excluding hydrogens is 406 g/mol. The summed E-state index contributed by atoms with van der Waals surface area (Å²) in [6, 6.07) is -1.37. The number of carbonyl (C=O) groups is 2. The third-order valence-corrected chi connectivity index (χ3v) is 4.35. The molecule has 0 unspecified atom stereocenters. The lowest BCUT2D eigenvalue weighted by atomic mass is 9.95. The molecule has 15 heteroatoms. The third-order valence-electron chi connectivity index (χ3n) is 4.35. The summed E-state index contributed by atoms with van der Waals surface area (Å²) in [6.07, 6.45) is -15.8. The first-order valence-electron chi connectivity index (χ1n) is 8.26. The lowest BCUT2D eigenvalue weighted by Gasteiger charge is -2.46. The van der Waals surface area contributed by atoms with E-state index in [1.807, 2.05) is 0 Å². The smallest absolute Gasteiger partial charge is 0.335 e. The van der Waals surface area contributed by atoms with Crippen LogP contribution in [0.4, 0.5) is 0 Å². The average molecular weight is 431 g/mol. The lowest BCUT2D eigenvalue weighted by Crippen LogP contribution is -2.67. The average Bonchev–Trinajstić information content (AvgIpc) is 2.68. The van der Waals surface area contributed by atoms with Crippen molar-refractivity contribution in [3.63, 3.8) is 0 Å². The summed E-state index contributed by atoms with van der Waals surface area (Å²) in [4.78, 5) is 22.5. The summed E-state index contributed by atoms with van der Waals surface area (Å²) < 4.78 is 15.3. The maximum Gasteiger partial charge on any atom is 0.335 e. The monoisotopic (exact) mass is 431 g/mol. The van der Waals surface area contributed by atoms with E-state index in [0.717, 1.165) is 6.92 Å². The Balaban J connectivity index is 0.00000204. The van der Waals surface area contributed by atoms with Crippen molar-refractivity contribution in [1.29, 1.82) is 0 Å². The first kappa shape index (κ1) is 25.5. The van der Waals surface area contributed by atoms with Crippen LogP contribution < -0.4 is 5.32 Å². The number of aliphatic hydroxyl groups excluding tert-OH is 6. The number of ether oxygens (including phenoxy) is 3. The van der Waals surface area contributed by atoms with Crippen LogP contribution in [-0.2, 0) is 23.8 Å². The van der Waals surface area contributed by atoms with Crippen LogP contribution in [0.5, 0.6) is 0 Å². The highest BCUT2D eigenvalue weighted by Gasteiger charge is 2.52. The van der Waals surface area contributed by atoms with E-state index in [-0.39, 0.29) is 0 Å². The number of aliphatic hydroxyl groups is 6. The van der Waals surface area contributed by atoms with Crippen molar-refractivity contribution in [1.82, 2.24) is 5.32 Å². The molecule has 10 atom stereocenters. The zero-order chi connectivity index (χ0) is 22.5. The van der Waals surface area contributed by atoms with Gasteiger partial charge in [-0.1, -0.05) is 0 Å². The van der Waals surface area contributed by atoms with Gasteiger partial charge < -0.3 is 55.3 Å². The maximum atomic E-state index is 11.4. The Morgan fingerprint density at radius 2 is 1.55 bits per heavy atom. The summed E-state index contributed by atoms with van der Waals surface area (Å²) in [6.45, 7) is 0.388. The fraction of sp³-hybridized carbons (Fsp3) is 0.857. The summed E-state index contributed by atoms with van der Waals surface area (Å²) in [5.41, 5.74) is 0. The summed E-state index contributed by atoms with van der Waals surface area (Å²) >= 11 is 0. The highest BCUT2D eigenvalue weighted by atomic mass is 17.0. The highest BCUT2D eigenvalue weighted by Crippen LogP contribution is 2.28. The van der Waals surface area contributed by atoms with Crippen LogP contribution in [0.3, 0.4) is 0 Å². The van der Waals surface area contributed by atoms with Gasteiger partial charge in [0.15, 0.2) is 18.7 Å². The molecule has 0 spiro atoms. The van der Waals surface area contributed by atoms with Gasteiger partial charge in [0, 0.05) is 6.92 Å².